The van der Waals surface area contributed by atoms with E-state index < -0.39 is 45.6 Å². The van der Waals surface area contributed by atoms with Crippen LogP contribution in [0, 0.1) is 0 Å². The smallest absolute Gasteiger partial charge is 0.422 e. The molecule has 1 aromatic heterocycles. The van der Waals surface area contributed by atoms with E-state index in [1.807, 2.05) is 0 Å². The lowest BCUT2D eigenvalue weighted by atomic mass is 10.1. The highest BCUT2D eigenvalue weighted by Crippen LogP contribution is 2.48. The third-order valence-corrected chi connectivity index (χ3v) is 8.00. The van der Waals surface area contributed by atoms with Gasteiger partial charge in [-0.3, -0.25) is 0 Å². The number of nitrogens with zero attached hydrogens (tertiary/aromatic N) is 3. The number of sulfonamides is 1. The predicted molar refractivity (Wildman–Crippen MR) is 134 cm³/mol. The van der Waals surface area contributed by atoms with E-state index >= 15 is 0 Å². The normalized spacial score (nSPS) is 16.3. The molecular formula is C25H24F3N5O6S. The number of rotatable bonds is 12. The Bertz CT molecular complexity index is 1490. The first-order valence-corrected chi connectivity index (χ1v) is 13.8. The molecule has 0 unspecified atom stereocenters. The molecule has 2 aliphatic rings. The van der Waals surface area contributed by atoms with E-state index in [4.69, 9.17) is 14.7 Å². The van der Waals surface area contributed by atoms with Gasteiger partial charge in [-0.25, -0.2) is 13.2 Å². The number of carboxylic acids is 1. The number of carbonyl (C=O) groups is 1. The minimum absolute atomic E-state index is 0.0133. The van der Waals surface area contributed by atoms with Gasteiger partial charge in [0, 0.05) is 6.42 Å². The van der Waals surface area contributed by atoms with Crippen LogP contribution >= 0.6 is 0 Å². The van der Waals surface area contributed by atoms with Crippen LogP contribution in [-0.2, 0) is 22.0 Å². The van der Waals surface area contributed by atoms with E-state index in [9.17, 15) is 26.4 Å². The summed E-state index contributed by atoms with van der Waals surface area (Å²) in [6.07, 6.45) is -1.94. The van der Waals surface area contributed by atoms with Crippen molar-refractivity contribution in [2.24, 2.45) is 0 Å². The monoisotopic (exact) mass is 579 g/mol. The summed E-state index contributed by atoms with van der Waals surface area (Å²) in [5.74, 6) is -0.655. The predicted octanol–water partition coefficient (Wildman–Crippen LogP) is 3.58. The van der Waals surface area contributed by atoms with E-state index in [2.05, 4.69) is 25.2 Å². The lowest BCUT2D eigenvalue weighted by Crippen LogP contribution is -2.30. The summed E-state index contributed by atoms with van der Waals surface area (Å²) in [4.78, 5) is 30.8. The number of halogens is 3. The Labute approximate surface area is 226 Å². The van der Waals surface area contributed by atoms with Crippen molar-refractivity contribution in [3.8, 4) is 11.8 Å². The molecule has 0 bridgehead atoms. The average molecular weight is 580 g/mol. The summed E-state index contributed by atoms with van der Waals surface area (Å²) in [6, 6.07) is 12.1. The number of benzene rings is 2. The lowest BCUT2D eigenvalue weighted by Gasteiger charge is -2.19. The molecule has 1 heterocycles. The van der Waals surface area contributed by atoms with Crippen molar-refractivity contribution in [2.75, 3.05) is 11.9 Å². The molecule has 0 spiro atoms. The highest BCUT2D eigenvalue weighted by molar-refractivity contribution is 7.90. The third-order valence-electron chi connectivity index (χ3n) is 6.34. The van der Waals surface area contributed by atoms with Crippen LogP contribution in [0.15, 0.2) is 48.5 Å². The van der Waals surface area contributed by atoms with Crippen molar-refractivity contribution >= 4 is 21.9 Å². The van der Waals surface area contributed by atoms with Crippen molar-refractivity contribution in [3.05, 3.63) is 71.0 Å². The lowest BCUT2D eigenvalue weighted by molar-refractivity contribution is -0.154. The third kappa shape index (κ3) is 6.96. The number of hydrogen-bond acceptors (Lipinski definition) is 9. The SMILES string of the molecule is O=C(O)c1ccc(Cc2nc(NC3(c4ccc(ONS(=O)(=O)C5CC5)cc4)CC3)nc(OCC(F)(F)F)n2)cc1. The van der Waals surface area contributed by atoms with Crippen molar-refractivity contribution in [2.45, 2.75) is 49.1 Å². The highest BCUT2D eigenvalue weighted by Gasteiger charge is 2.45. The van der Waals surface area contributed by atoms with Crippen LogP contribution < -0.4 is 19.8 Å². The number of carboxylic acid groups (broad SMARTS) is 1. The second-order valence-corrected chi connectivity index (χ2v) is 11.5. The molecule has 0 aliphatic heterocycles. The van der Waals surface area contributed by atoms with Crippen LogP contribution in [0.1, 0.15) is 53.0 Å². The molecular weight excluding hydrogens is 555 g/mol. The van der Waals surface area contributed by atoms with Crippen LogP contribution in [0.5, 0.6) is 11.8 Å². The number of anilines is 1. The molecule has 3 N–H and O–H groups in total. The van der Waals surface area contributed by atoms with Gasteiger partial charge in [0.05, 0.1) is 16.4 Å². The molecule has 0 saturated heterocycles. The van der Waals surface area contributed by atoms with Crippen molar-refractivity contribution in [1.29, 1.82) is 0 Å². The molecule has 11 nitrogen and oxygen atoms in total. The molecule has 2 saturated carbocycles. The number of ether oxygens (including phenoxy) is 1. The van der Waals surface area contributed by atoms with Crippen molar-refractivity contribution in [1.82, 2.24) is 19.8 Å². The maximum atomic E-state index is 12.8. The van der Waals surface area contributed by atoms with Crippen LogP contribution in [0.2, 0.25) is 0 Å². The Morgan fingerprint density at radius 3 is 2.27 bits per heavy atom. The second kappa shape index (κ2) is 10.5. The molecule has 0 atom stereocenters. The summed E-state index contributed by atoms with van der Waals surface area (Å²) in [5.41, 5.74) is 0.935. The quantitative estimate of drug-likeness (QED) is 0.272. The average Bonchev–Trinajstić information content (AvgIpc) is 3.82. The van der Waals surface area contributed by atoms with Crippen molar-refractivity contribution in [3.63, 3.8) is 0 Å². The van der Waals surface area contributed by atoms with Gasteiger partial charge in [0.25, 0.3) is 0 Å². The van der Waals surface area contributed by atoms with E-state index in [0.29, 0.717) is 37.0 Å². The van der Waals surface area contributed by atoms with Gasteiger partial charge in [-0.15, -0.1) is 0 Å². The minimum atomic E-state index is -4.60. The number of alkyl halides is 3. The Balaban J connectivity index is 1.32. The molecule has 2 aromatic carbocycles. The van der Waals surface area contributed by atoms with E-state index in [0.717, 1.165) is 5.56 Å². The zero-order valence-corrected chi connectivity index (χ0v) is 21.6. The summed E-state index contributed by atoms with van der Waals surface area (Å²) in [6.45, 7) is -1.58. The largest absolute Gasteiger partial charge is 0.478 e. The topological polar surface area (TPSA) is 153 Å². The maximum absolute atomic E-state index is 12.8. The molecule has 2 aliphatic carbocycles. The Kier molecular flexibility index (Phi) is 7.27. The fourth-order valence-electron chi connectivity index (χ4n) is 3.91. The number of hydrogen-bond donors (Lipinski definition) is 3. The summed E-state index contributed by atoms with van der Waals surface area (Å²) in [7, 11) is -3.52. The molecule has 0 radical (unpaired) electrons. The van der Waals surface area contributed by atoms with Gasteiger partial charge in [0.2, 0.25) is 16.0 Å². The molecule has 15 heteroatoms. The van der Waals surface area contributed by atoms with Gasteiger partial charge in [-0.05, 0) is 66.0 Å². The van der Waals surface area contributed by atoms with Crippen LogP contribution in [-0.4, -0.2) is 52.5 Å². The first-order valence-electron chi connectivity index (χ1n) is 12.2. The zero-order valence-electron chi connectivity index (χ0n) is 20.8. The van der Waals surface area contributed by atoms with Crippen LogP contribution in [0.25, 0.3) is 0 Å². The van der Waals surface area contributed by atoms with Crippen molar-refractivity contribution < 1.29 is 41.1 Å². The summed E-state index contributed by atoms with van der Waals surface area (Å²) < 4.78 is 67.1. The zero-order chi connectivity index (χ0) is 28.5. The Morgan fingerprint density at radius 1 is 1.02 bits per heavy atom. The van der Waals surface area contributed by atoms with Gasteiger partial charge in [-0.2, -0.15) is 28.1 Å². The molecule has 2 fully saturated rings. The first kappa shape index (κ1) is 27.6. The number of nitrogens with one attached hydrogen (secondary N) is 2. The van der Waals surface area contributed by atoms with Gasteiger partial charge in [-0.1, -0.05) is 24.3 Å². The highest BCUT2D eigenvalue weighted by atomic mass is 32.2. The van der Waals surface area contributed by atoms with E-state index in [-0.39, 0.29) is 23.8 Å². The van der Waals surface area contributed by atoms with Crippen LogP contribution in [0.4, 0.5) is 19.1 Å². The Hall–Kier alpha value is -3.98. The molecule has 5 rings (SSSR count). The summed E-state index contributed by atoms with van der Waals surface area (Å²) >= 11 is 0. The van der Waals surface area contributed by atoms with E-state index in [1.54, 1.807) is 36.4 Å². The second-order valence-electron chi connectivity index (χ2n) is 9.60. The molecule has 212 valence electrons. The van der Waals surface area contributed by atoms with E-state index in [1.165, 1.54) is 12.1 Å². The molecule has 3 aromatic rings. The first-order chi connectivity index (χ1) is 18.9. The van der Waals surface area contributed by atoms with Gasteiger partial charge in [0.15, 0.2) is 6.61 Å². The number of aromatic nitrogens is 3. The summed E-state index contributed by atoms with van der Waals surface area (Å²) in [5, 5.41) is 11.8. The van der Waals surface area contributed by atoms with Gasteiger partial charge < -0.3 is 20.0 Å². The number of aromatic carboxylic acids is 1. The fourth-order valence-corrected chi connectivity index (χ4v) is 5.02. The Morgan fingerprint density at radius 2 is 1.70 bits per heavy atom. The molecule has 0 amide bonds. The standard InChI is InChI=1S/C25H24F3N5O6S/c26-25(27,28)14-38-23-30-20(13-15-1-3-16(4-2-15)21(34)35)29-22(31-23)32-24(11-12-24)17-5-7-18(8-6-17)39-33-40(36,37)19-9-10-19/h1-8,19,33H,9-14H2,(H,34,35)(H,29,30,31,32). The van der Waals surface area contributed by atoms with Gasteiger partial charge in [0.1, 0.15) is 11.6 Å². The minimum Gasteiger partial charge on any atom is -0.478 e. The van der Waals surface area contributed by atoms with Crippen LogP contribution in [0.3, 0.4) is 0 Å². The maximum Gasteiger partial charge on any atom is 0.422 e. The fraction of sp³-hybridized carbons (Fsp3) is 0.360. The molecule has 40 heavy (non-hydrogen) atoms. The van der Waals surface area contributed by atoms with Gasteiger partial charge >= 0.3 is 18.2 Å².